The van der Waals surface area contributed by atoms with Crippen LogP contribution in [0.15, 0.2) is 24.3 Å². The average Bonchev–Trinajstić information content (AvgIpc) is 2.32. The molecular formula is C14H19NO4. The van der Waals surface area contributed by atoms with Crippen molar-refractivity contribution in [3.05, 3.63) is 29.8 Å². The van der Waals surface area contributed by atoms with Crippen LogP contribution in [0.2, 0.25) is 0 Å². The lowest BCUT2D eigenvalue weighted by molar-refractivity contribution is -0.140. The van der Waals surface area contributed by atoms with Gasteiger partial charge in [-0.3, -0.25) is 9.59 Å². The van der Waals surface area contributed by atoms with Gasteiger partial charge in [-0.05, 0) is 31.5 Å². The summed E-state index contributed by atoms with van der Waals surface area (Å²) in [5.74, 6) is -0.867. The molecule has 1 amide bonds. The zero-order valence-corrected chi connectivity index (χ0v) is 11.2. The minimum absolute atomic E-state index is 0.0604. The van der Waals surface area contributed by atoms with Crippen LogP contribution in [0.4, 0.5) is 0 Å². The maximum absolute atomic E-state index is 12.1. The number of amides is 1. The molecule has 104 valence electrons. The summed E-state index contributed by atoms with van der Waals surface area (Å²) in [5, 5.41) is 17.9. The van der Waals surface area contributed by atoms with Gasteiger partial charge < -0.3 is 15.1 Å². The van der Waals surface area contributed by atoms with E-state index in [-0.39, 0.29) is 30.5 Å². The van der Waals surface area contributed by atoms with E-state index in [0.29, 0.717) is 6.54 Å². The molecular weight excluding hydrogens is 246 g/mol. The molecule has 1 unspecified atom stereocenters. The Kier molecular flexibility index (Phi) is 5.36. The highest BCUT2D eigenvalue weighted by Crippen LogP contribution is 2.12. The van der Waals surface area contributed by atoms with Gasteiger partial charge in [-0.15, -0.1) is 0 Å². The third-order valence-corrected chi connectivity index (χ3v) is 2.95. The second-order valence-corrected chi connectivity index (χ2v) is 4.47. The fourth-order valence-corrected chi connectivity index (χ4v) is 1.99. The number of phenolic OH excluding ortho intramolecular Hbond substituents is 1. The molecule has 0 aliphatic carbocycles. The maximum Gasteiger partial charge on any atom is 0.305 e. The Balaban J connectivity index is 2.68. The Bertz CT molecular complexity index is 441. The summed E-state index contributed by atoms with van der Waals surface area (Å²) in [4.78, 5) is 24.4. The molecule has 0 saturated heterocycles. The normalized spacial score (nSPS) is 11.9. The molecule has 19 heavy (non-hydrogen) atoms. The molecule has 5 heteroatoms. The van der Waals surface area contributed by atoms with Crippen molar-refractivity contribution in [2.45, 2.75) is 32.7 Å². The first-order chi connectivity index (χ1) is 8.93. The van der Waals surface area contributed by atoms with Crippen LogP contribution in [-0.4, -0.2) is 39.6 Å². The maximum atomic E-state index is 12.1. The second kappa shape index (κ2) is 6.78. The predicted octanol–water partition coefficient (Wildman–Crippen LogP) is 1.65. The van der Waals surface area contributed by atoms with E-state index >= 15 is 0 Å². The number of aliphatic carboxylic acids is 1. The van der Waals surface area contributed by atoms with E-state index in [1.54, 1.807) is 24.0 Å². The number of likely N-dealkylation sites (N-methyl/N-ethyl adjacent to an activating group) is 1. The van der Waals surface area contributed by atoms with Gasteiger partial charge in [0.25, 0.3) is 0 Å². The van der Waals surface area contributed by atoms with Gasteiger partial charge in [0.15, 0.2) is 0 Å². The molecule has 5 nitrogen and oxygen atoms in total. The lowest BCUT2D eigenvalue weighted by atomic mass is 10.1. The van der Waals surface area contributed by atoms with Crippen molar-refractivity contribution < 1.29 is 19.8 Å². The Hall–Kier alpha value is -2.04. The van der Waals surface area contributed by atoms with E-state index in [2.05, 4.69) is 0 Å². The van der Waals surface area contributed by atoms with Gasteiger partial charge in [-0.25, -0.2) is 0 Å². The van der Waals surface area contributed by atoms with Gasteiger partial charge >= 0.3 is 5.97 Å². The molecule has 0 aliphatic heterocycles. The second-order valence-electron chi connectivity index (χ2n) is 4.47. The Labute approximate surface area is 112 Å². The first kappa shape index (κ1) is 15.0. The third-order valence-electron chi connectivity index (χ3n) is 2.95. The molecule has 0 aromatic heterocycles. The number of carboxylic acid groups (broad SMARTS) is 1. The minimum Gasteiger partial charge on any atom is -0.508 e. The van der Waals surface area contributed by atoms with Crippen molar-refractivity contribution in [2.75, 3.05) is 6.54 Å². The Morgan fingerprint density at radius 2 is 1.84 bits per heavy atom. The van der Waals surface area contributed by atoms with Crippen LogP contribution in [0.1, 0.15) is 25.8 Å². The van der Waals surface area contributed by atoms with Crippen LogP contribution in [0, 0.1) is 0 Å². The number of carbonyl (C=O) groups excluding carboxylic acids is 1. The summed E-state index contributed by atoms with van der Waals surface area (Å²) in [6, 6.07) is 6.09. The number of carboxylic acids is 1. The van der Waals surface area contributed by atoms with Crippen molar-refractivity contribution in [3.8, 4) is 5.75 Å². The highest BCUT2D eigenvalue weighted by atomic mass is 16.4. The summed E-state index contributed by atoms with van der Waals surface area (Å²) >= 11 is 0. The predicted molar refractivity (Wildman–Crippen MR) is 70.9 cm³/mol. The fraction of sp³-hybridized carbons (Fsp3) is 0.429. The van der Waals surface area contributed by atoms with Gasteiger partial charge in [0.2, 0.25) is 5.91 Å². The highest BCUT2D eigenvalue weighted by Gasteiger charge is 2.20. The lowest BCUT2D eigenvalue weighted by Gasteiger charge is -2.27. The molecule has 0 saturated carbocycles. The summed E-state index contributed by atoms with van der Waals surface area (Å²) in [6.07, 6.45) is 0.146. The van der Waals surface area contributed by atoms with Crippen LogP contribution in [0.25, 0.3) is 0 Å². The zero-order chi connectivity index (χ0) is 14.4. The molecule has 0 bridgehead atoms. The first-order valence-corrected chi connectivity index (χ1v) is 6.23. The fourth-order valence-electron chi connectivity index (χ4n) is 1.99. The molecule has 1 atom stereocenters. The van der Waals surface area contributed by atoms with Crippen LogP contribution in [0.3, 0.4) is 0 Å². The topological polar surface area (TPSA) is 77.8 Å². The summed E-state index contributed by atoms with van der Waals surface area (Å²) in [6.45, 7) is 4.03. The molecule has 2 N–H and O–H groups in total. The van der Waals surface area contributed by atoms with Crippen molar-refractivity contribution in [1.82, 2.24) is 4.90 Å². The molecule has 0 fully saturated rings. The van der Waals surface area contributed by atoms with Gasteiger partial charge in [0.1, 0.15) is 5.75 Å². The Morgan fingerprint density at radius 1 is 1.26 bits per heavy atom. The van der Waals surface area contributed by atoms with E-state index < -0.39 is 5.97 Å². The van der Waals surface area contributed by atoms with Crippen LogP contribution >= 0.6 is 0 Å². The molecule has 1 aromatic carbocycles. The molecule has 0 radical (unpaired) electrons. The molecule has 1 aromatic rings. The smallest absolute Gasteiger partial charge is 0.305 e. The van der Waals surface area contributed by atoms with Gasteiger partial charge in [0, 0.05) is 12.6 Å². The van der Waals surface area contributed by atoms with Gasteiger partial charge in [0.05, 0.1) is 12.8 Å². The van der Waals surface area contributed by atoms with E-state index in [1.165, 1.54) is 12.1 Å². The lowest BCUT2D eigenvalue weighted by Crippen LogP contribution is -2.40. The first-order valence-electron chi connectivity index (χ1n) is 6.23. The van der Waals surface area contributed by atoms with E-state index in [1.807, 2.05) is 6.92 Å². The molecule has 1 rings (SSSR count). The summed E-state index contributed by atoms with van der Waals surface area (Å²) in [5.41, 5.74) is 0.795. The van der Waals surface area contributed by atoms with Gasteiger partial charge in [-0.1, -0.05) is 12.1 Å². The molecule has 0 heterocycles. The SMILES string of the molecule is CCN(C(=O)Cc1ccc(O)cc1)C(C)CC(=O)O. The van der Waals surface area contributed by atoms with Gasteiger partial charge in [-0.2, -0.15) is 0 Å². The number of aromatic hydroxyl groups is 1. The number of rotatable bonds is 6. The zero-order valence-electron chi connectivity index (χ0n) is 11.2. The number of carbonyl (C=O) groups is 2. The van der Waals surface area contributed by atoms with E-state index in [4.69, 9.17) is 5.11 Å². The van der Waals surface area contributed by atoms with Crippen molar-refractivity contribution >= 4 is 11.9 Å². The number of hydrogen-bond donors (Lipinski definition) is 2. The highest BCUT2D eigenvalue weighted by molar-refractivity contribution is 5.79. The third kappa shape index (κ3) is 4.62. The van der Waals surface area contributed by atoms with Crippen LogP contribution in [0.5, 0.6) is 5.75 Å². The molecule has 0 aliphatic rings. The summed E-state index contributed by atoms with van der Waals surface area (Å²) in [7, 11) is 0. The standard InChI is InChI=1S/C14H19NO4/c1-3-15(10(2)8-14(18)19)13(17)9-11-4-6-12(16)7-5-11/h4-7,10,16H,3,8-9H2,1-2H3,(H,18,19). The largest absolute Gasteiger partial charge is 0.508 e. The van der Waals surface area contributed by atoms with Crippen molar-refractivity contribution in [3.63, 3.8) is 0 Å². The number of nitrogens with zero attached hydrogens (tertiary/aromatic N) is 1. The van der Waals surface area contributed by atoms with E-state index in [9.17, 15) is 14.7 Å². The van der Waals surface area contributed by atoms with E-state index in [0.717, 1.165) is 5.56 Å². The minimum atomic E-state index is -0.914. The monoisotopic (exact) mass is 265 g/mol. The number of hydrogen-bond acceptors (Lipinski definition) is 3. The quantitative estimate of drug-likeness (QED) is 0.819. The number of benzene rings is 1. The van der Waals surface area contributed by atoms with Crippen LogP contribution in [-0.2, 0) is 16.0 Å². The van der Waals surface area contributed by atoms with Crippen LogP contribution < -0.4 is 0 Å². The molecule has 0 spiro atoms. The number of phenols is 1. The average molecular weight is 265 g/mol. The van der Waals surface area contributed by atoms with Crippen molar-refractivity contribution in [1.29, 1.82) is 0 Å². The summed E-state index contributed by atoms with van der Waals surface area (Å²) < 4.78 is 0. The van der Waals surface area contributed by atoms with Crippen molar-refractivity contribution in [2.24, 2.45) is 0 Å². The Morgan fingerprint density at radius 3 is 2.32 bits per heavy atom.